The molecule has 4 aromatic heterocycles. The maximum Gasteiger partial charge on any atom is 0.235 e. The van der Waals surface area contributed by atoms with Crippen LogP contribution in [0.25, 0.3) is 139 Å². The highest BCUT2D eigenvalue weighted by Crippen LogP contribution is 2.53. The molecule has 0 unspecified atom stereocenters. The first-order valence-electron chi connectivity index (χ1n) is 31.7. The fourth-order valence-electron chi connectivity index (χ4n) is 14.1. The first-order valence-corrected chi connectivity index (χ1v) is 32.1. The van der Waals surface area contributed by atoms with Gasteiger partial charge in [-0.3, -0.25) is 4.57 Å². The summed E-state index contributed by atoms with van der Waals surface area (Å²) in [5, 5.41) is 5.30. The predicted octanol–water partition coefficient (Wildman–Crippen LogP) is 22.6. The monoisotopic (exact) mass is 1210 g/mol. The SMILES string of the molecule is CC1(C)c2cc(-c3ccccc3)ccc2-c2cc3[nH]c4ccccc4c3cc21.CC1(C)c2cc(-c3ccccc3)ccc2-c2cc3c(cc21)c1ccccc1n3-c1nc(-c2ccccc2)cc(-c2ccccc2)n1.Clc1nc(-c2ccccc2)cc(-c2ccccc2)n1. The molecule has 4 heterocycles. The highest BCUT2D eigenvalue weighted by atomic mass is 35.5. The summed E-state index contributed by atoms with van der Waals surface area (Å²) in [6.07, 6.45) is 0. The van der Waals surface area contributed by atoms with E-state index in [4.69, 9.17) is 21.6 Å². The number of benzene rings is 12. The van der Waals surface area contributed by atoms with E-state index in [9.17, 15) is 0 Å². The number of para-hydroxylation sites is 2. The zero-order valence-corrected chi connectivity index (χ0v) is 52.7. The number of aromatic amines is 1. The molecule has 7 heteroatoms. The van der Waals surface area contributed by atoms with E-state index in [-0.39, 0.29) is 16.1 Å². The van der Waals surface area contributed by atoms with Gasteiger partial charge in [-0.25, -0.2) is 19.9 Å². The van der Waals surface area contributed by atoms with Gasteiger partial charge in [0.2, 0.25) is 11.2 Å². The zero-order chi connectivity index (χ0) is 62.8. The summed E-state index contributed by atoms with van der Waals surface area (Å²) < 4.78 is 2.26. The average Bonchev–Trinajstić information content (AvgIpc) is 1.56. The Hall–Kier alpha value is -11.3. The maximum absolute atomic E-state index is 6.03. The van der Waals surface area contributed by atoms with E-state index in [1.807, 2.05) is 78.9 Å². The summed E-state index contributed by atoms with van der Waals surface area (Å²) in [7, 11) is 0. The molecule has 12 aromatic carbocycles. The molecule has 0 saturated heterocycles. The molecule has 2 aliphatic carbocycles. The number of rotatable bonds is 7. The van der Waals surface area contributed by atoms with Crippen molar-refractivity contribution in [2.75, 3.05) is 0 Å². The van der Waals surface area contributed by atoms with Crippen molar-refractivity contribution >= 4 is 55.2 Å². The first kappa shape index (κ1) is 56.9. The van der Waals surface area contributed by atoms with Gasteiger partial charge in [0.15, 0.2) is 0 Å². The van der Waals surface area contributed by atoms with Gasteiger partial charge in [0.1, 0.15) is 0 Å². The lowest BCUT2D eigenvalue weighted by atomic mass is 9.81. The van der Waals surface area contributed by atoms with Crippen LogP contribution in [0.15, 0.2) is 303 Å². The van der Waals surface area contributed by atoms with Crippen molar-refractivity contribution in [1.82, 2.24) is 29.5 Å². The number of nitrogens with zero attached hydrogens (tertiary/aromatic N) is 5. The second kappa shape index (κ2) is 23.2. The van der Waals surface area contributed by atoms with Crippen molar-refractivity contribution in [2.45, 2.75) is 38.5 Å². The van der Waals surface area contributed by atoms with Crippen molar-refractivity contribution in [1.29, 1.82) is 0 Å². The van der Waals surface area contributed by atoms with Gasteiger partial charge in [-0.05, 0) is 139 Å². The van der Waals surface area contributed by atoms with Crippen LogP contribution in [0.5, 0.6) is 0 Å². The number of hydrogen-bond acceptors (Lipinski definition) is 4. The Balaban J connectivity index is 0.000000123. The molecular formula is C86H63ClN6. The molecule has 6 nitrogen and oxygen atoms in total. The van der Waals surface area contributed by atoms with E-state index in [1.165, 1.54) is 99.3 Å². The molecule has 16 aromatic rings. The highest BCUT2D eigenvalue weighted by Gasteiger charge is 2.38. The summed E-state index contributed by atoms with van der Waals surface area (Å²) in [5.41, 5.74) is 28.0. The second-order valence-electron chi connectivity index (χ2n) is 25.2. The minimum atomic E-state index is -0.142. The topological polar surface area (TPSA) is 72.3 Å². The lowest BCUT2D eigenvalue weighted by Crippen LogP contribution is -2.15. The molecule has 2 aliphatic rings. The molecular weight excluding hydrogens is 1150 g/mol. The number of hydrogen-bond donors (Lipinski definition) is 1. The van der Waals surface area contributed by atoms with Crippen LogP contribution in [0, 0.1) is 0 Å². The zero-order valence-electron chi connectivity index (χ0n) is 52.0. The van der Waals surface area contributed by atoms with Crippen molar-refractivity contribution in [3.63, 3.8) is 0 Å². The van der Waals surface area contributed by atoms with Crippen LogP contribution in [0.3, 0.4) is 0 Å². The Morgan fingerprint density at radius 1 is 0.280 bits per heavy atom. The van der Waals surface area contributed by atoms with E-state index in [2.05, 4.69) is 272 Å². The van der Waals surface area contributed by atoms with Crippen LogP contribution in [0.4, 0.5) is 0 Å². The number of nitrogens with one attached hydrogen (secondary N) is 1. The molecule has 0 atom stereocenters. The van der Waals surface area contributed by atoms with Crippen LogP contribution < -0.4 is 0 Å². The number of H-pyrrole nitrogens is 1. The van der Waals surface area contributed by atoms with Crippen LogP contribution in [-0.2, 0) is 10.8 Å². The van der Waals surface area contributed by atoms with E-state index >= 15 is 0 Å². The minimum Gasteiger partial charge on any atom is -0.354 e. The molecule has 0 radical (unpaired) electrons. The fraction of sp³-hybridized carbons (Fsp3) is 0.0698. The Morgan fingerprint density at radius 2 is 0.656 bits per heavy atom. The van der Waals surface area contributed by atoms with Gasteiger partial charge in [-0.15, -0.1) is 0 Å². The summed E-state index contributed by atoms with van der Waals surface area (Å²) in [6.45, 7) is 9.42. The summed E-state index contributed by atoms with van der Waals surface area (Å²) in [4.78, 5) is 22.6. The number of halogens is 1. The van der Waals surface area contributed by atoms with Crippen LogP contribution in [0.1, 0.15) is 49.9 Å². The molecule has 0 bridgehead atoms. The molecule has 0 saturated carbocycles. The fourth-order valence-corrected chi connectivity index (χ4v) is 14.3. The lowest BCUT2D eigenvalue weighted by Gasteiger charge is -2.22. The third kappa shape index (κ3) is 10.3. The molecule has 93 heavy (non-hydrogen) atoms. The molecule has 0 aliphatic heterocycles. The smallest absolute Gasteiger partial charge is 0.235 e. The predicted molar refractivity (Wildman–Crippen MR) is 387 cm³/mol. The van der Waals surface area contributed by atoms with Gasteiger partial charge in [-0.2, -0.15) is 0 Å². The van der Waals surface area contributed by atoms with E-state index in [0.29, 0.717) is 5.95 Å². The van der Waals surface area contributed by atoms with Crippen molar-refractivity contribution < 1.29 is 0 Å². The average molecular weight is 1220 g/mol. The van der Waals surface area contributed by atoms with Gasteiger partial charge >= 0.3 is 0 Å². The normalized spacial score (nSPS) is 13.0. The number of aromatic nitrogens is 6. The Kier molecular flexibility index (Phi) is 14.2. The summed E-state index contributed by atoms with van der Waals surface area (Å²) >= 11 is 6.03. The first-order chi connectivity index (χ1) is 45.5. The Bertz CT molecular complexity index is 5370. The maximum atomic E-state index is 6.03. The minimum absolute atomic E-state index is 0.0119. The van der Waals surface area contributed by atoms with Gasteiger partial charge in [0.05, 0.1) is 33.8 Å². The highest BCUT2D eigenvalue weighted by molar-refractivity contribution is 6.28. The van der Waals surface area contributed by atoms with E-state index < -0.39 is 0 Å². The largest absolute Gasteiger partial charge is 0.354 e. The third-order valence-corrected chi connectivity index (χ3v) is 19.0. The second-order valence-corrected chi connectivity index (χ2v) is 25.5. The number of fused-ring (bicyclic) bond motifs is 12. The molecule has 1 N–H and O–H groups in total. The van der Waals surface area contributed by atoms with Crippen molar-refractivity contribution in [3.8, 4) is 95.5 Å². The quantitative estimate of drug-likeness (QED) is 0.161. The Morgan fingerprint density at radius 3 is 1.13 bits per heavy atom. The van der Waals surface area contributed by atoms with Gasteiger partial charge in [-0.1, -0.05) is 270 Å². The molecule has 18 rings (SSSR count). The van der Waals surface area contributed by atoms with Gasteiger partial charge < -0.3 is 4.98 Å². The van der Waals surface area contributed by atoms with Crippen LogP contribution in [-0.4, -0.2) is 29.5 Å². The summed E-state index contributed by atoms with van der Waals surface area (Å²) in [5.74, 6) is 0.670. The van der Waals surface area contributed by atoms with Gasteiger partial charge in [0.25, 0.3) is 0 Å². The molecule has 0 amide bonds. The van der Waals surface area contributed by atoms with Crippen molar-refractivity contribution in [2.24, 2.45) is 0 Å². The Labute approximate surface area is 546 Å². The van der Waals surface area contributed by atoms with Gasteiger partial charge in [0, 0.05) is 65.7 Å². The van der Waals surface area contributed by atoms with E-state index in [0.717, 1.165) is 56.1 Å². The van der Waals surface area contributed by atoms with Crippen LogP contribution in [0.2, 0.25) is 5.28 Å². The molecule has 0 fully saturated rings. The van der Waals surface area contributed by atoms with E-state index in [1.54, 1.807) is 0 Å². The van der Waals surface area contributed by atoms with Crippen LogP contribution >= 0.6 is 11.6 Å². The lowest BCUT2D eigenvalue weighted by molar-refractivity contribution is 0.661. The molecule has 444 valence electrons. The van der Waals surface area contributed by atoms with Crippen molar-refractivity contribution in [3.05, 3.63) is 331 Å². The third-order valence-electron chi connectivity index (χ3n) is 18.9. The standard InChI is InChI=1S/C43H31N3.C27H21N.C16H11ClN2/c1-43(2)36-24-31(28-14-6-3-7-15-28)22-23-32(36)34-26-41-35(25-37(34)43)33-20-12-13-21-40(33)46(41)42-44-38(29-16-8-4-9-17-29)27-39(45-42)30-18-10-5-11-19-30;1-27(2)23-14-18(17-8-4-3-5-9-17)12-13-19(23)21-16-26-22(15-24(21)27)20-10-6-7-11-25(20)28-26;17-16-18-14(12-7-3-1-4-8-12)11-15(19-16)13-9-5-2-6-10-13/h3-27H,1-2H3;3-16,28H,1-2H3;1-11H. The summed E-state index contributed by atoms with van der Waals surface area (Å²) in [6, 6.07) is 107. The molecule has 0 spiro atoms.